The number of sulfonamides is 1. The standard InChI is InChI=1S/C22H23ClFNO6S/c1-30-20-9-7-15(12-18(20)24)19(26)14-31-22(27)16-6-8-17(23)21(13-16)32(28,29)25-10-4-2-3-5-11-25/h6-9,12-13H,2-5,10-11,14H2,1H3. The van der Waals surface area contributed by atoms with Gasteiger partial charge in [-0.15, -0.1) is 0 Å². The molecule has 3 rings (SSSR count). The van der Waals surface area contributed by atoms with E-state index in [0.29, 0.717) is 13.1 Å². The van der Waals surface area contributed by atoms with E-state index in [1.807, 2.05) is 0 Å². The highest BCUT2D eigenvalue weighted by molar-refractivity contribution is 7.89. The van der Waals surface area contributed by atoms with Crippen molar-refractivity contribution < 1.29 is 31.9 Å². The predicted molar refractivity (Wildman–Crippen MR) is 116 cm³/mol. The lowest BCUT2D eigenvalue weighted by Crippen LogP contribution is -2.32. The number of nitrogens with zero attached hydrogens (tertiary/aromatic N) is 1. The molecule has 0 aromatic heterocycles. The van der Waals surface area contributed by atoms with Gasteiger partial charge in [-0.2, -0.15) is 4.31 Å². The molecule has 0 radical (unpaired) electrons. The van der Waals surface area contributed by atoms with Gasteiger partial charge in [-0.25, -0.2) is 17.6 Å². The largest absolute Gasteiger partial charge is 0.494 e. The number of carbonyl (C=O) groups excluding carboxylic acids is 2. The third-order valence-corrected chi connectivity index (χ3v) is 7.54. The minimum absolute atomic E-state index is 0.00409. The Morgan fingerprint density at radius 2 is 1.69 bits per heavy atom. The van der Waals surface area contributed by atoms with Gasteiger partial charge in [0, 0.05) is 18.7 Å². The Morgan fingerprint density at radius 1 is 1.03 bits per heavy atom. The van der Waals surface area contributed by atoms with E-state index in [9.17, 15) is 22.4 Å². The molecular formula is C22H23ClFNO6S. The van der Waals surface area contributed by atoms with Crippen molar-refractivity contribution in [2.24, 2.45) is 0 Å². The fourth-order valence-electron chi connectivity index (χ4n) is 3.39. The number of benzene rings is 2. The lowest BCUT2D eigenvalue weighted by molar-refractivity contribution is 0.0474. The number of halogens is 2. The third kappa shape index (κ3) is 5.46. The van der Waals surface area contributed by atoms with Gasteiger partial charge in [0.2, 0.25) is 10.0 Å². The molecule has 172 valence electrons. The van der Waals surface area contributed by atoms with Crippen LogP contribution in [0.15, 0.2) is 41.3 Å². The van der Waals surface area contributed by atoms with Gasteiger partial charge in [-0.1, -0.05) is 24.4 Å². The first-order valence-electron chi connectivity index (χ1n) is 10.1. The molecule has 10 heteroatoms. The molecule has 2 aromatic carbocycles. The quantitative estimate of drug-likeness (QED) is 0.435. The zero-order valence-electron chi connectivity index (χ0n) is 17.5. The summed E-state index contributed by atoms with van der Waals surface area (Å²) < 4.78 is 51.1. The Balaban J connectivity index is 1.73. The molecule has 0 atom stereocenters. The Kier molecular flexibility index (Phi) is 7.86. The Morgan fingerprint density at radius 3 is 2.31 bits per heavy atom. The van der Waals surface area contributed by atoms with Crippen molar-refractivity contribution in [3.8, 4) is 5.75 Å². The van der Waals surface area contributed by atoms with Crippen LogP contribution in [0, 0.1) is 5.82 Å². The van der Waals surface area contributed by atoms with Gasteiger partial charge in [0.1, 0.15) is 4.90 Å². The molecule has 0 spiro atoms. The van der Waals surface area contributed by atoms with Gasteiger partial charge < -0.3 is 9.47 Å². The monoisotopic (exact) mass is 483 g/mol. The minimum Gasteiger partial charge on any atom is -0.494 e. The van der Waals surface area contributed by atoms with Crippen molar-refractivity contribution in [3.05, 3.63) is 58.4 Å². The maximum atomic E-state index is 13.8. The van der Waals surface area contributed by atoms with Crippen LogP contribution in [0.4, 0.5) is 4.39 Å². The molecule has 0 bridgehead atoms. The number of esters is 1. The van der Waals surface area contributed by atoms with Crippen molar-refractivity contribution in [2.45, 2.75) is 30.6 Å². The summed E-state index contributed by atoms with van der Waals surface area (Å²) in [5, 5.41) is -0.00409. The van der Waals surface area contributed by atoms with E-state index in [4.69, 9.17) is 21.1 Å². The first-order valence-corrected chi connectivity index (χ1v) is 11.9. The average molecular weight is 484 g/mol. The molecule has 1 heterocycles. The topological polar surface area (TPSA) is 90.0 Å². The number of hydrogen-bond acceptors (Lipinski definition) is 6. The number of hydrogen-bond donors (Lipinski definition) is 0. The highest BCUT2D eigenvalue weighted by Crippen LogP contribution is 2.28. The summed E-state index contributed by atoms with van der Waals surface area (Å²) in [6.07, 6.45) is 3.43. The van der Waals surface area contributed by atoms with Crippen molar-refractivity contribution in [2.75, 3.05) is 26.8 Å². The molecule has 1 aliphatic heterocycles. The van der Waals surface area contributed by atoms with Crippen LogP contribution >= 0.6 is 11.6 Å². The van der Waals surface area contributed by atoms with Crippen LogP contribution in [0.2, 0.25) is 5.02 Å². The van der Waals surface area contributed by atoms with Gasteiger partial charge in [-0.05, 0) is 49.2 Å². The van der Waals surface area contributed by atoms with Crippen LogP contribution in [0.3, 0.4) is 0 Å². The molecule has 0 amide bonds. The van der Waals surface area contributed by atoms with Gasteiger partial charge in [-0.3, -0.25) is 4.79 Å². The van der Waals surface area contributed by atoms with Crippen LogP contribution in [-0.4, -0.2) is 51.3 Å². The highest BCUT2D eigenvalue weighted by atomic mass is 35.5. The van der Waals surface area contributed by atoms with Crippen LogP contribution in [0.5, 0.6) is 5.75 Å². The Bertz CT molecular complexity index is 1110. The summed E-state index contributed by atoms with van der Waals surface area (Å²) in [5.74, 6) is -2.24. The fraction of sp³-hybridized carbons (Fsp3) is 0.364. The second-order valence-electron chi connectivity index (χ2n) is 7.31. The Labute approximate surface area is 191 Å². The van der Waals surface area contributed by atoms with Crippen molar-refractivity contribution >= 4 is 33.4 Å². The van der Waals surface area contributed by atoms with E-state index in [-0.39, 0.29) is 26.8 Å². The summed E-state index contributed by atoms with van der Waals surface area (Å²) in [6, 6.07) is 7.43. The number of ether oxygens (including phenoxy) is 2. The summed E-state index contributed by atoms with van der Waals surface area (Å²) in [4.78, 5) is 24.5. The van der Waals surface area contributed by atoms with Gasteiger partial charge >= 0.3 is 5.97 Å². The van der Waals surface area contributed by atoms with E-state index >= 15 is 0 Å². The molecule has 0 saturated carbocycles. The summed E-state index contributed by atoms with van der Waals surface area (Å²) >= 11 is 6.13. The van der Waals surface area contributed by atoms with Gasteiger partial charge in [0.25, 0.3) is 0 Å². The number of methoxy groups -OCH3 is 1. The molecule has 0 aliphatic carbocycles. The molecule has 1 aliphatic rings. The van der Waals surface area contributed by atoms with Gasteiger partial charge in [0.05, 0.1) is 17.7 Å². The van der Waals surface area contributed by atoms with E-state index < -0.39 is 34.2 Å². The zero-order valence-corrected chi connectivity index (χ0v) is 19.0. The number of ketones is 1. The molecule has 0 unspecified atom stereocenters. The number of rotatable bonds is 7. The molecule has 1 fully saturated rings. The maximum absolute atomic E-state index is 13.8. The molecule has 2 aromatic rings. The van der Waals surface area contributed by atoms with Crippen LogP contribution in [0.1, 0.15) is 46.4 Å². The second-order valence-corrected chi connectivity index (χ2v) is 9.63. The molecule has 7 nitrogen and oxygen atoms in total. The van der Waals surface area contributed by atoms with Crippen LogP contribution in [-0.2, 0) is 14.8 Å². The lowest BCUT2D eigenvalue weighted by atomic mass is 10.1. The summed E-state index contributed by atoms with van der Waals surface area (Å²) in [5.41, 5.74) is -0.0480. The molecular weight excluding hydrogens is 461 g/mol. The molecule has 1 saturated heterocycles. The first kappa shape index (κ1) is 24.2. The van der Waals surface area contributed by atoms with Crippen molar-refractivity contribution in [1.82, 2.24) is 4.31 Å². The smallest absolute Gasteiger partial charge is 0.338 e. The highest BCUT2D eigenvalue weighted by Gasteiger charge is 2.28. The van der Waals surface area contributed by atoms with Gasteiger partial charge in [0.15, 0.2) is 24.0 Å². The fourth-order valence-corrected chi connectivity index (χ4v) is 5.40. The van der Waals surface area contributed by atoms with E-state index in [2.05, 4.69) is 0 Å². The van der Waals surface area contributed by atoms with E-state index in [1.54, 1.807) is 0 Å². The second kappa shape index (κ2) is 10.4. The maximum Gasteiger partial charge on any atom is 0.338 e. The van der Waals surface area contributed by atoms with Crippen LogP contribution in [0.25, 0.3) is 0 Å². The minimum atomic E-state index is -3.88. The molecule has 0 N–H and O–H groups in total. The molecule has 32 heavy (non-hydrogen) atoms. The summed E-state index contributed by atoms with van der Waals surface area (Å²) in [7, 11) is -2.58. The normalized spacial score (nSPS) is 15.1. The zero-order chi connectivity index (χ0) is 23.3. The van der Waals surface area contributed by atoms with Crippen LogP contribution < -0.4 is 4.74 Å². The average Bonchev–Trinajstić information content (AvgIpc) is 3.07. The SMILES string of the molecule is COc1ccc(C(=O)COC(=O)c2ccc(Cl)c(S(=O)(=O)N3CCCCCC3)c2)cc1F. The predicted octanol–water partition coefficient (Wildman–Crippen LogP) is 4.09. The third-order valence-electron chi connectivity index (χ3n) is 5.16. The van der Waals surface area contributed by atoms with Crippen molar-refractivity contribution in [3.63, 3.8) is 0 Å². The lowest BCUT2D eigenvalue weighted by Gasteiger charge is -2.21. The number of carbonyl (C=O) groups is 2. The van der Waals surface area contributed by atoms with E-state index in [0.717, 1.165) is 37.8 Å². The summed E-state index contributed by atoms with van der Waals surface area (Å²) in [6.45, 7) is 0.141. The number of Topliss-reactive ketones (excluding diaryl/α,β-unsaturated/α-hetero) is 1. The Hall–Kier alpha value is -2.49. The van der Waals surface area contributed by atoms with Crippen molar-refractivity contribution in [1.29, 1.82) is 0 Å². The first-order chi connectivity index (χ1) is 15.2. The van der Waals surface area contributed by atoms with E-state index in [1.165, 1.54) is 35.7 Å².